The second-order valence-corrected chi connectivity index (χ2v) is 3.69. The number of anilines is 2. The van der Waals surface area contributed by atoms with Crippen LogP contribution in [-0.2, 0) is 0 Å². The van der Waals surface area contributed by atoms with Gasteiger partial charge in [0.2, 0.25) is 5.89 Å². The molecule has 0 aliphatic heterocycles. The number of halogens is 1. The molecule has 0 radical (unpaired) electrons. The van der Waals surface area contributed by atoms with E-state index in [1.54, 1.807) is 25.1 Å². The van der Waals surface area contributed by atoms with E-state index in [9.17, 15) is 4.79 Å². The van der Waals surface area contributed by atoms with Gasteiger partial charge < -0.3 is 10.2 Å². The second-order valence-electron chi connectivity index (χ2n) is 3.28. The van der Waals surface area contributed by atoms with Crippen LogP contribution >= 0.6 is 11.6 Å². The van der Waals surface area contributed by atoms with Gasteiger partial charge in [0.1, 0.15) is 0 Å². The molecule has 0 bridgehead atoms. The smallest absolute Gasteiger partial charge is 0.322 e. The summed E-state index contributed by atoms with van der Waals surface area (Å²) in [5.41, 5.74) is 6.14. The summed E-state index contributed by atoms with van der Waals surface area (Å²) in [4.78, 5) is 11.9. The first kappa shape index (κ1) is 11.4. The van der Waals surface area contributed by atoms with Crippen molar-refractivity contribution in [3.63, 3.8) is 0 Å². The molecule has 1 aromatic carbocycles. The molecule has 0 aliphatic carbocycles. The van der Waals surface area contributed by atoms with Crippen LogP contribution in [0.4, 0.5) is 11.7 Å². The third-order valence-corrected chi connectivity index (χ3v) is 2.33. The zero-order chi connectivity index (χ0) is 12.4. The number of hydrogen-bond donors (Lipinski definition) is 2. The highest BCUT2D eigenvalue weighted by atomic mass is 35.5. The number of hydrogen-bond acceptors (Lipinski definition) is 5. The van der Waals surface area contributed by atoms with E-state index in [2.05, 4.69) is 15.5 Å². The lowest BCUT2D eigenvalue weighted by molar-refractivity contribution is 0.102. The fraction of sp³-hybridized carbons (Fsp3) is 0.100. The Morgan fingerprint density at radius 2 is 2.24 bits per heavy atom. The normalized spacial score (nSPS) is 10.2. The fourth-order valence-electron chi connectivity index (χ4n) is 1.29. The van der Waals surface area contributed by atoms with E-state index in [-0.39, 0.29) is 22.3 Å². The van der Waals surface area contributed by atoms with Crippen LogP contribution in [0.3, 0.4) is 0 Å². The molecule has 0 saturated carbocycles. The lowest BCUT2D eigenvalue weighted by atomic mass is 10.1. The topological polar surface area (TPSA) is 94.0 Å². The molecule has 3 N–H and O–H groups in total. The molecule has 17 heavy (non-hydrogen) atoms. The van der Waals surface area contributed by atoms with Gasteiger partial charge >= 0.3 is 6.01 Å². The number of nitrogens with two attached hydrogens (primary N) is 1. The van der Waals surface area contributed by atoms with Crippen LogP contribution in [-0.4, -0.2) is 16.1 Å². The summed E-state index contributed by atoms with van der Waals surface area (Å²) < 4.78 is 5.02. The fourth-order valence-corrected chi connectivity index (χ4v) is 1.55. The van der Waals surface area contributed by atoms with Crippen molar-refractivity contribution in [2.75, 3.05) is 11.1 Å². The van der Waals surface area contributed by atoms with Crippen LogP contribution in [0.25, 0.3) is 0 Å². The van der Waals surface area contributed by atoms with Gasteiger partial charge in [0, 0.05) is 12.6 Å². The maximum absolute atomic E-state index is 11.9. The molecule has 0 unspecified atom stereocenters. The van der Waals surface area contributed by atoms with Gasteiger partial charge in [-0.05, 0) is 12.1 Å². The molecule has 0 aliphatic rings. The quantitative estimate of drug-likeness (QED) is 0.796. The molecule has 0 fully saturated rings. The van der Waals surface area contributed by atoms with E-state index < -0.39 is 5.91 Å². The van der Waals surface area contributed by atoms with Gasteiger partial charge in [-0.2, -0.15) is 0 Å². The van der Waals surface area contributed by atoms with E-state index in [1.807, 2.05) is 0 Å². The first-order valence-electron chi connectivity index (χ1n) is 4.73. The Kier molecular flexibility index (Phi) is 2.97. The van der Waals surface area contributed by atoms with Gasteiger partial charge in [0.05, 0.1) is 10.6 Å². The molecular formula is C10H9ClN4O2. The van der Waals surface area contributed by atoms with E-state index >= 15 is 0 Å². The van der Waals surface area contributed by atoms with Crippen molar-refractivity contribution in [3.8, 4) is 0 Å². The average molecular weight is 253 g/mol. The lowest BCUT2D eigenvalue weighted by Crippen LogP contribution is -2.14. The number of benzene rings is 1. The van der Waals surface area contributed by atoms with Crippen LogP contribution in [0.2, 0.25) is 5.02 Å². The molecule has 1 aromatic heterocycles. The first-order chi connectivity index (χ1) is 8.08. The predicted octanol–water partition coefficient (Wildman–Crippen LogP) is 1.87. The Morgan fingerprint density at radius 3 is 2.82 bits per heavy atom. The molecule has 2 rings (SSSR count). The molecule has 0 atom stereocenters. The van der Waals surface area contributed by atoms with Gasteiger partial charge in [-0.3, -0.25) is 10.1 Å². The molecular weight excluding hydrogens is 244 g/mol. The predicted molar refractivity (Wildman–Crippen MR) is 62.9 cm³/mol. The van der Waals surface area contributed by atoms with Crippen molar-refractivity contribution < 1.29 is 9.21 Å². The van der Waals surface area contributed by atoms with E-state index in [0.29, 0.717) is 5.89 Å². The molecule has 7 heteroatoms. The third kappa shape index (κ3) is 2.36. The van der Waals surface area contributed by atoms with E-state index in [0.717, 1.165) is 0 Å². The minimum atomic E-state index is -0.489. The number of nitrogen functional groups attached to an aromatic ring is 1. The summed E-state index contributed by atoms with van der Waals surface area (Å²) in [7, 11) is 0. The number of rotatable bonds is 2. The van der Waals surface area contributed by atoms with Gasteiger partial charge in [0.15, 0.2) is 0 Å². The summed E-state index contributed by atoms with van der Waals surface area (Å²) in [6, 6.07) is 4.82. The Hall–Kier alpha value is -2.08. The van der Waals surface area contributed by atoms with Crippen molar-refractivity contribution in [2.45, 2.75) is 6.92 Å². The van der Waals surface area contributed by atoms with Gasteiger partial charge in [0.25, 0.3) is 5.91 Å². The van der Waals surface area contributed by atoms with Crippen LogP contribution in [0.1, 0.15) is 16.2 Å². The largest absolute Gasteiger partial charge is 0.408 e. The minimum Gasteiger partial charge on any atom is -0.408 e. The molecule has 88 valence electrons. The zero-order valence-corrected chi connectivity index (χ0v) is 9.65. The number of aromatic nitrogens is 2. The highest BCUT2D eigenvalue weighted by molar-refractivity contribution is 6.35. The summed E-state index contributed by atoms with van der Waals surface area (Å²) >= 11 is 5.89. The molecule has 0 spiro atoms. The van der Waals surface area contributed by atoms with Crippen molar-refractivity contribution in [1.29, 1.82) is 0 Å². The zero-order valence-electron chi connectivity index (χ0n) is 8.90. The first-order valence-corrected chi connectivity index (χ1v) is 5.11. The Balaban J connectivity index is 2.26. The van der Waals surface area contributed by atoms with Crippen LogP contribution in [0.15, 0.2) is 22.6 Å². The Labute approximate surface area is 102 Å². The maximum Gasteiger partial charge on any atom is 0.322 e. The standard InChI is InChI=1S/C10H9ClN4O2/c1-5-14-15-10(17-5)13-9(16)8-6(11)3-2-4-7(8)12/h2-4H,12H2,1H3,(H,13,15,16). The number of amides is 1. The highest BCUT2D eigenvalue weighted by Crippen LogP contribution is 2.22. The Morgan fingerprint density at radius 1 is 1.47 bits per heavy atom. The number of aryl methyl sites for hydroxylation is 1. The molecule has 1 heterocycles. The molecule has 2 aromatic rings. The maximum atomic E-state index is 11.9. The summed E-state index contributed by atoms with van der Waals surface area (Å²) in [5, 5.41) is 9.90. The summed E-state index contributed by atoms with van der Waals surface area (Å²) in [6.45, 7) is 1.62. The van der Waals surface area contributed by atoms with Crippen molar-refractivity contribution in [3.05, 3.63) is 34.7 Å². The molecule has 1 amide bonds. The number of carbonyl (C=O) groups is 1. The van der Waals surface area contributed by atoms with Gasteiger partial charge in [-0.25, -0.2) is 0 Å². The second kappa shape index (κ2) is 4.42. The number of nitrogens with one attached hydrogen (secondary N) is 1. The van der Waals surface area contributed by atoms with E-state index in [4.69, 9.17) is 21.8 Å². The summed E-state index contributed by atoms with van der Waals surface area (Å²) in [6.07, 6.45) is 0. The van der Waals surface area contributed by atoms with Crippen molar-refractivity contribution in [1.82, 2.24) is 10.2 Å². The SMILES string of the molecule is Cc1nnc(NC(=O)c2c(N)cccc2Cl)o1. The van der Waals surface area contributed by atoms with Crippen LogP contribution < -0.4 is 11.1 Å². The molecule has 6 nitrogen and oxygen atoms in total. The van der Waals surface area contributed by atoms with E-state index in [1.165, 1.54) is 0 Å². The number of carbonyl (C=O) groups excluding carboxylic acids is 1. The van der Waals surface area contributed by atoms with Crippen molar-refractivity contribution in [2.24, 2.45) is 0 Å². The molecule has 0 saturated heterocycles. The third-order valence-electron chi connectivity index (χ3n) is 2.02. The minimum absolute atomic E-state index is 0.00631. The summed E-state index contributed by atoms with van der Waals surface area (Å²) in [5.74, 6) is -0.135. The Bertz CT molecular complexity index is 547. The average Bonchev–Trinajstić information content (AvgIpc) is 2.63. The monoisotopic (exact) mass is 252 g/mol. The van der Waals surface area contributed by atoms with Gasteiger partial charge in [-0.15, -0.1) is 5.10 Å². The lowest BCUT2D eigenvalue weighted by Gasteiger charge is -2.05. The van der Waals surface area contributed by atoms with Crippen LogP contribution in [0, 0.1) is 6.92 Å². The van der Waals surface area contributed by atoms with Crippen molar-refractivity contribution >= 4 is 29.2 Å². The number of nitrogens with zero attached hydrogens (tertiary/aromatic N) is 2. The van der Waals surface area contributed by atoms with Crippen LogP contribution in [0.5, 0.6) is 0 Å². The highest BCUT2D eigenvalue weighted by Gasteiger charge is 2.16. The van der Waals surface area contributed by atoms with Gasteiger partial charge in [-0.1, -0.05) is 22.8 Å².